The van der Waals surface area contributed by atoms with Crippen molar-refractivity contribution in [3.63, 3.8) is 0 Å². The molecular weight excluding hydrogens is 284 g/mol. The normalized spacial score (nSPS) is 10.5. The zero-order chi connectivity index (χ0) is 12.6. The van der Waals surface area contributed by atoms with Gasteiger partial charge in [0.2, 0.25) is 0 Å². The number of hydrogen-bond acceptors (Lipinski definition) is 2. The minimum atomic E-state index is -1.03. The molecule has 0 saturated heterocycles. The van der Waals surface area contributed by atoms with Gasteiger partial charge in [0.1, 0.15) is 0 Å². The Balaban J connectivity index is 2.66. The first-order valence-electron chi connectivity index (χ1n) is 5.06. The Hall–Kier alpha value is -1.62. The van der Waals surface area contributed by atoms with Gasteiger partial charge in [-0.25, -0.2) is 9.48 Å². The van der Waals surface area contributed by atoms with Crippen molar-refractivity contribution >= 4 is 21.9 Å². The summed E-state index contributed by atoms with van der Waals surface area (Å²) in [5, 5.41) is 13.1. The summed E-state index contributed by atoms with van der Waals surface area (Å²) in [5.41, 5.74) is 2.74. The molecule has 1 N–H and O–H groups in total. The summed E-state index contributed by atoms with van der Waals surface area (Å²) in [6.45, 7) is 3.79. The van der Waals surface area contributed by atoms with Crippen molar-refractivity contribution in [1.29, 1.82) is 0 Å². The van der Waals surface area contributed by atoms with Crippen molar-refractivity contribution in [2.24, 2.45) is 0 Å². The van der Waals surface area contributed by atoms with Gasteiger partial charge in [0.15, 0.2) is 5.69 Å². The van der Waals surface area contributed by atoms with Crippen molar-refractivity contribution in [1.82, 2.24) is 9.78 Å². The highest BCUT2D eigenvalue weighted by Gasteiger charge is 2.19. The van der Waals surface area contributed by atoms with E-state index in [1.54, 1.807) is 4.68 Å². The molecule has 2 rings (SSSR count). The van der Waals surface area contributed by atoms with E-state index in [1.165, 1.54) is 0 Å². The first-order chi connectivity index (χ1) is 8.02. The SMILES string of the molecule is Cc1ccccc1-n1nc(C(=O)O)c(Br)c1C. The predicted molar refractivity (Wildman–Crippen MR) is 67.7 cm³/mol. The van der Waals surface area contributed by atoms with Crippen LogP contribution in [0.25, 0.3) is 5.69 Å². The van der Waals surface area contributed by atoms with Gasteiger partial charge < -0.3 is 5.11 Å². The van der Waals surface area contributed by atoms with Gasteiger partial charge in [-0.05, 0) is 41.4 Å². The lowest BCUT2D eigenvalue weighted by atomic mass is 10.2. The summed E-state index contributed by atoms with van der Waals surface area (Å²) in [5.74, 6) is -1.03. The van der Waals surface area contributed by atoms with Gasteiger partial charge in [-0.3, -0.25) is 0 Å². The van der Waals surface area contributed by atoms with E-state index in [0.29, 0.717) is 4.47 Å². The van der Waals surface area contributed by atoms with E-state index in [9.17, 15) is 4.79 Å². The third kappa shape index (κ3) is 1.98. The average molecular weight is 295 g/mol. The van der Waals surface area contributed by atoms with Crippen LogP contribution in [0.4, 0.5) is 0 Å². The second-order valence-corrected chi connectivity index (χ2v) is 4.54. The highest BCUT2D eigenvalue weighted by atomic mass is 79.9. The number of aromatic carboxylic acids is 1. The zero-order valence-electron chi connectivity index (χ0n) is 9.44. The van der Waals surface area contributed by atoms with Crippen LogP contribution in [0.3, 0.4) is 0 Å². The van der Waals surface area contributed by atoms with Gasteiger partial charge in [0.25, 0.3) is 0 Å². The Morgan fingerprint density at radius 3 is 2.53 bits per heavy atom. The predicted octanol–water partition coefficient (Wildman–Crippen LogP) is 2.95. The van der Waals surface area contributed by atoms with Gasteiger partial charge in [-0.1, -0.05) is 18.2 Å². The zero-order valence-corrected chi connectivity index (χ0v) is 11.0. The summed E-state index contributed by atoms with van der Waals surface area (Å²) in [4.78, 5) is 11.0. The molecular formula is C12H11BrN2O2. The molecule has 0 radical (unpaired) electrons. The van der Waals surface area contributed by atoms with Gasteiger partial charge in [-0.2, -0.15) is 5.10 Å². The fourth-order valence-electron chi connectivity index (χ4n) is 1.66. The number of aryl methyl sites for hydroxylation is 1. The summed E-state index contributed by atoms with van der Waals surface area (Å²) in [6, 6.07) is 7.71. The van der Waals surface area contributed by atoms with Crippen LogP contribution in [0.2, 0.25) is 0 Å². The first-order valence-corrected chi connectivity index (χ1v) is 5.86. The second-order valence-electron chi connectivity index (χ2n) is 3.75. The molecule has 0 aliphatic carbocycles. The minimum Gasteiger partial charge on any atom is -0.476 e. The molecule has 88 valence electrons. The fourth-order valence-corrected chi connectivity index (χ4v) is 2.07. The molecule has 0 amide bonds. The molecule has 1 aromatic carbocycles. The van der Waals surface area contributed by atoms with Crippen molar-refractivity contribution in [3.05, 3.63) is 45.7 Å². The van der Waals surface area contributed by atoms with Crippen LogP contribution in [-0.4, -0.2) is 20.9 Å². The quantitative estimate of drug-likeness (QED) is 0.926. The molecule has 0 unspecified atom stereocenters. The Kier molecular flexibility index (Phi) is 3.02. The summed E-state index contributed by atoms with van der Waals surface area (Å²) < 4.78 is 2.16. The average Bonchev–Trinajstić information content (AvgIpc) is 2.57. The van der Waals surface area contributed by atoms with Crippen LogP contribution in [0.5, 0.6) is 0 Å². The molecule has 1 aromatic heterocycles. The molecule has 0 aliphatic rings. The van der Waals surface area contributed by atoms with E-state index >= 15 is 0 Å². The Labute approximate surface area is 107 Å². The third-order valence-corrected chi connectivity index (χ3v) is 3.54. The van der Waals surface area contributed by atoms with E-state index in [-0.39, 0.29) is 5.69 Å². The second kappa shape index (κ2) is 4.33. The van der Waals surface area contributed by atoms with Crippen molar-refractivity contribution in [2.45, 2.75) is 13.8 Å². The van der Waals surface area contributed by atoms with E-state index in [4.69, 9.17) is 5.11 Å². The molecule has 0 atom stereocenters. The Morgan fingerprint density at radius 2 is 2.00 bits per heavy atom. The highest BCUT2D eigenvalue weighted by molar-refractivity contribution is 9.10. The van der Waals surface area contributed by atoms with Crippen LogP contribution < -0.4 is 0 Å². The number of rotatable bonds is 2. The molecule has 0 saturated carbocycles. The lowest BCUT2D eigenvalue weighted by Crippen LogP contribution is -2.03. The molecule has 0 bridgehead atoms. The minimum absolute atomic E-state index is 0.0331. The number of carbonyl (C=O) groups is 1. The third-order valence-electron chi connectivity index (χ3n) is 2.59. The van der Waals surface area contributed by atoms with Crippen molar-refractivity contribution in [3.8, 4) is 5.69 Å². The maximum absolute atomic E-state index is 11.0. The highest BCUT2D eigenvalue weighted by Crippen LogP contribution is 2.24. The topological polar surface area (TPSA) is 55.1 Å². The maximum Gasteiger partial charge on any atom is 0.357 e. The monoisotopic (exact) mass is 294 g/mol. The molecule has 1 heterocycles. The van der Waals surface area contributed by atoms with E-state index < -0.39 is 5.97 Å². The Morgan fingerprint density at radius 1 is 1.35 bits per heavy atom. The largest absolute Gasteiger partial charge is 0.476 e. The summed E-state index contributed by atoms with van der Waals surface area (Å²) in [7, 11) is 0. The van der Waals surface area contributed by atoms with E-state index in [1.807, 2.05) is 38.1 Å². The number of nitrogens with zero attached hydrogens (tertiary/aromatic N) is 2. The molecule has 2 aromatic rings. The van der Waals surface area contributed by atoms with E-state index in [2.05, 4.69) is 21.0 Å². The lowest BCUT2D eigenvalue weighted by Gasteiger charge is -2.07. The van der Waals surface area contributed by atoms with Crippen LogP contribution in [-0.2, 0) is 0 Å². The summed E-state index contributed by atoms with van der Waals surface area (Å²) >= 11 is 3.26. The number of para-hydroxylation sites is 1. The van der Waals surface area contributed by atoms with Gasteiger partial charge >= 0.3 is 5.97 Å². The van der Waals surface area contributed by atoms with E-state index in [0.717, 1.165) is 16.9 Å². The molecule has 5 heteroatoms. The number of carboxylic acids is 1. The van der Waals surface area contributed by atoms with Crippen molar-refractivity contribution < 1.29 is 9.90 Å². The van der Waals surface area contributed by atoms with Crippen LogP contribution >= 0.6 is 15.9 Å². The Bertz CT molecular complexity index is 590. The summed E-state index contributed by atoms with van der Waals surface area (Å²) in [6.07, 6.45) is 0. The lowest BCUT2D eigenvalue weighted by molar-refractivity contribution is 0.0689. The number of benzene rings is 1. The fraction of sp³-hybridized carbons (Fsp3) is 0.167. The molecule has 0 fully saturated rings. The van der Waals surface area contributed by atoms with Crippen molar-refractivity contribution in [2.75, 3.05) is 0 Å². The molecule has 0 spiro atoms. The van der Waals surface area contributed by atoms with Crippen LogP contribution in [0, 0.1) is 13.8 Å². The first kappa shape index (κ1) is 11.9. The number of halogens is 1. The number of aromatic nitrogens is 2. The molecule has 4 nitrogen and oxygen atoms in total. The van der Waals surface area contributed by atoms with Gasteiger partial charge in [0.05, 0.1) is 15.9 Å². The van der Waals surface area contributed by atoms with Crippen LogP contribution in [0.1, 0.15) is 21.7 Å². The van der Waals surface area contributed by atoms with Gasteiger partial charge in [-0.15, -0.1) is 0 Å². The molecule has 0 aliphatic heterocycles. The van der Waals surface area contributed by atoms with Gasteiger partial charge in [0, 0.05) is 0 Å². The molecule has 17 heavy (non-hydrogen) atoms. The van der Waals surface area contributed by atoms with Crippen LogP contribution in [0.15, 0.2) is 28.7 Å². The number of carboxylic acid groups (broad SMARTS) is 1. The number of hydrogen-bond donors (Lipinski definition) is 1. The standard InChI is InChI=1S/C12H11BrN2O2/c1-7-5-3-4-6-9(7)15-8(2)10(13)11(14-15)12(16)17/h3-6H,1-2H3,(H,16,17). The smallest absolute Gasteiger partial charge is 0.357 e. The maximum atomic E-state index is 11.0.